The standard InChI is InChI=1S/C12H14ClNO2/c13-7-12(15)14-8-11-10-4-2-1-3-9(10)5-6-16-11/h1-4,11H,5-8H2,(H,14,15). The molecule has 3 nitrogen and oxygen atoms in total. The Morgan fingerprint density at radius 2 is 2.31 bits per heavy atom. The lowest BCUT2D eigenvalue weighted by molar-refractivity contribution is -0.119. The molecule has 16 heavy (non-hydrogen) atoms. The summed E-state index contributed by atoms with van der Waals surface area (Å²) in [6.07, 6.45) is 0.896. The smallest absolute Gasteiger partial charge is 0.235 e. The van der Waals surface area contributed by atoms with Gasteiger partial charge in [0.1, 0.15) is 12.0 Å². The molecule has 1 unspecified atom stereocenters. The van der Waals surface area contributed by atoms with Gasteiger partial charge in [-0.15, -0.1) is 11.6 Å². The molecule has 1 aromatic rings. The molecule has 1 amide bonds. The van der Waals surface area contributed by atoms with E-state index in [-0.39, 0.29) is 17.9 Å². The summed E-state index contributed by atoms with van der Waals surface area (Å²) in [5, 5.41) is 2.75. The average molecular weight is 240 g/mol. The van der Waals surface area contributed by atoms with Crippen molar-refractivity contribution < 1.29 is 9.53 Å². The molecule has 1 N–H and O–H groups in total. The number of carbonyl (C=O) groups is 1. The number of halogens is 1. The van der Waals surface area contributed by atoms with Crippen molar-refractivity contribution in [2.75, 3.05) is 19.0 Å². The van der Waals surface area contributed by atoms with Crippen LogP contribution in [0.3, 0.4) is 0 Å². The van der Waals surface area contributed by atoms with Crippen LogP contribution >= 0.6 is 11.6 Å². The molecule has 1 heterocycles. The zero-order chi connectivity index (χ0) is 11.4. The van der Waals surface area contributed by atoms with E-state index in [4.69, 9.17) is 16.3 Å². The van der Waals surface area contributed by atoms with Crippen LogP contribution in [0.15, 0.2) is 24.3 Å². The maximum atomic E-state index is 11.1. The van der Waals surface area contributed by atoms with Gasteiger partial charge in [0.05, 0.1) is 6.61 Å². The Labute approximate surface area is 99.7 Å². The number of rotatable bonds is 3. The fourth-order valence-electron chi connectivity index (χ4n) is 1.90. The second-order valence-corrected chi connectivity index (χ2v) is 4.01. The number of hydrogen-bond acceptors (Lipinski definition) is 2. The fraction of sp³-hybridized carbons (Fsp3) is 0.417. The molecule has 1 aliphatic heterocycles. The molecule has 0 saturated heterocycles. The van der Waals surface area contributed by atoms with Crippen LogP contribution in [-0.2, 0) is 16.0 Å². The van der Waals surface area contributed by atoms with Crippen LogP contribution in [0.1, 0.15) is 17.2 Å². The Kier molecular flexibility index (Phi) is 3.80. The van der Waals surface area contributed by atoms with Crippen molar-refractivity contribution in [2.45, 2.75) is 12.5 Å². The highest BCUT2D eigenvalue weighted by molar-refractivity contribution is 6.27. The van der Waals surface area contributed by atoms with E-state index in [1.54, 1.807) is 0 Å². The molecule has 0 aliphatic carbocycles. The molecule has 86 valence electrons. The van der Waals surface area contributed by atoms with E-state index in [2.05, 4.69) is 11.4 Å². The number of benzene rings is 1. The van der Waals surface area contributed by atoms with Crippen molar-refractivity contribution in [1.82, 2.24) is 5.32 Å². The zero-order valence-corrected chi connectivity index (χ0v) is 9.67. The van der Waals surface area contributed by atoms with Crippen LogP contribution in [0.2, 0.25) is 0 Å². The van der Waals surface area contributed by atoms with E-state index < -0.39 is 0 Å². The first kappa shape index (κ1) is 11.4. The van der Waals surface area contributed by atoms with Crippen molar-refractivity contribution in [3.05, 3.63) is 35.4 Å². The number of fused-ring (bicyclic) bond motifs is 1. The lowest BCUT2D eigenvalue weighted by atomic mass is 9.97. The van der Waals surface area contributed by atoms with Gasteiger partial charge in [0.25, 0.3) is 0 Å². The molecule has 1 atom stereocenters. The minimum absolute atomic E-state index is 0.00559. The Morgan fingerprint density at radius 1 is 1.50 bits per heavy atom. The van der Waals surface area contributed by atoms with Crippen LogP contribution < -0.4 is 5.32 Å². The quantitative estimate of drug-likeness (QED) is 0.815. The van der Waals surface area contributed by atoms with Crippen molar-refractivity contribution >= 4 is 17.5 Å². The Hall–Kier alpha value is -1.06. The maximum Gasteiger partial charge on any atom is 0.235 e. The van der Waals surface area contributed by atoms with Gasteiger partial charge in [0, 0.05) is 6.54 Å². The number of carbonyl (C=O) groups excluding carboxylic acids is 1. The number of hydrogen-bond donors (Lipinski definition) is 1. The van der Waals surface area contributed by atoms with Gasteiger partial charge in [-0.2, -0.15) is 0 Å². The summed E-state index contributed by atoms with van der Waals surface area (Å²) in [6.45, 7) is 1.20. The summed E-state index contributed by atoms with van der Waals surface area (Å²) in [5.74, 6) is -0.165. The first-order chi connectivity index (χ1) is 7.81. The van der Waals surface area contributed by atoms with E-state index in [9.17, 15) is 4.79 Å². The van der Waals surface area contributed by atoms with Crippen LogP contribution in [-0.4, -0.2) is 24.9 Å². The predicted molar refractivity (Wildman–Crippen MR) is 62.6 cm³/mol. The highest BCUT2D eigenvalue weighted by atomic mass is 35.5. The fourth-order valence-corrected chi connectivity index (χ4v) is 1.99. The van der Waals surface area contributed by atoms with Gasteiger partial charge < -0.3 is 10.1 Å². The second-order valence-electron chi connectivity index (χ2n) is 3.75. The third-order valence-electron chi connectivity index (χ3n) is 2.70. The maximum absolute atomic E-state index is 11.1. The highest BCUT2D eigenvalue weighted by Gasteiger charge is 2.20. The molecule has 2 rings (SSSR count). The predicted octanol–water partition coefficient (Wildman–Crippen LogP) is 1.66. The number of alkyl halides is 1. The SMILES string of the molecule is O=C(CCl)NCC1OCCc2ccccc21. The second kappa shape index (κ2) is 5.32. The summed E-state index contributed by atoms with van der Waals surface area (Å²) in [6, 6.07) is 8.17. The summed E-state index contributed by atoms with van der Waals surface area (Å²) < 4.78 is 5.64. The van der Waals surface area contributed by atoms with Gasteiger partial charge in [0.2, 0.25) is 5.91 Å². The zero-order valence-electron chi connectivity index (χ0n) is 8.91. The number of nitrogens with one attached hydrogen (secondary N) is 1. The lowest BCUT2D eigenvalue weighted by Crippen LogP contribution is -2.32. The van der Waals surface area contributed by atoms with Gasteiger partial charge in [-0.1, -0.05) is 24.3 Å². The molecule has 0 radical (unpaired) electrons. The Bertz CT molecular complexity index is 381. The van der Waals surface area contributed by atoms with Gasteiger partial charge >= 0.3 is 0 Å². The minimum atomic E-state index is -0.159. The van der Waals surface area contributed by atoms with Crippen LogP contribution in [0, 0.1) is 0 Å². The lowest BCUT2D eigenvalue weighted by Gasteiger charge is -2.26. The molecule has 4 heteroatoms. The minimum Gasteiger partial charge on any atom is -0.371 e. The van der Waals surface area contributed by atoms with Crippen molar-refractivity contribution in [3.8, 4) is 0 Å². The molecule has 0 spiro atoms. The first-order valence-electron chi connectivity index (χ1n) is 5.33. The van der Waals surface area contributed by atoms with E-state index in [1.165, 1.54) is 11.1 Å². The van der Waals surface area contributed by atoms with Gasteiger partial charge in [-0.05, 0) is 17.5 Å². The molecule has 1 aliphatic rings. The molecular weight excluding hydrogens is 226 g/mol. The summed E-state index contributed by atoms with van der Waals surface area (Å²) in [4.78, 5) is 11.1. The third-order valence-corrected chi connectivity index (χ3v) is 2.94. The summed E-state index contributed by atoms with van der Waals surface area (Å²) in [5.41, 5.74) is 2.47. The van der Waals surface area contributed by atoms with Crippen LogP contribution in [0.25, 0.3) is 0 Å². The molecular formula is C12H14ClNO2. The molecule has 1 aromatic carbocycles. The van der Waals surface area contributed by atoms with E-state index in [1.807, 2.05) is 18.2 Å². The van der Waals surface area contributed by atoms with Crippen molar-refractivity contribution in [1.29, 1.82) is 0 Å². The molecule has 0 fully saturated rings. The Balaban J connectivity index is 2.04. The van der Waals surface area contributed by atoms with E-state index in [0.717, 1.165) is 6.42 Å². The third kappa shape index (κ3) is 2.54. The summed E-state index contributed by atoms with van der Waals surface area (Å²) in [7, 11) is 0. The van der Waals surface area contributed by atoms with Gasteiger partial charge in [-0.25, -0.2) is 0 Å². The normalized spacial score (nSPS) is 18.9. The van der Waals surface area contributed by atoms with Gasteiger partial charge in [-0.3, -0.25) is 4.79 Å². The van der Waals surface area contributed by atoms with Crippen LogP contribution in [0.4, 0.5) is 0 Å². The van der Waals surface area contributed by atoms with Crippen molar-refractivity contribution in [3.63, 3.8) is 0 Å². The molecule has 0 aromatic heterocycles. The van der Waals surface area contributed by atoms with E-state index in [0.29, 0.717) is 13.2 Å². The largest absolute Gasteiger partial charge is 0.371 e. The van der Waals surface area contributed by atoms with Gasteiger partial charge in [0.15, 0.2) is 0 Å². The topological polar surface area (TPSA) is 38.3 Å². The number of amides is 1. The first-order valence-corrected chi connectivity index (χ1v) is 5.87. The number of ether oxygens (including phenoxy) is 1. The molecule has 0 bridgehead atoms. The monoisotopic (exact) mass is 239 g/mol. The average Bonchev–Trinajstić information content (AvgIpc) is 2.35. The highest BCUT2D eigenvalue weighted by Crippen LogP contribution is 2.25. The summed E-state index contributed by atoms with van der Waals surface area (Å²) >= 11 is 5.42. The Morgan fingerprint density at radius 3 is 3.12 bits per heavy atom. The van der Waals surface area contributed by atoms with E-state index >= 15 is 0 Å². The molecule has 0 saturated carbocycles. The van der Waals surface area contributed by atoms with Crippen LogP contribution in [0.5, 0.6) is 0 Å². The van der Waals surface area contributed by atoms with Crippen molar-refractivity contribution in [2.24, 2.45) is 0 Å².